The molecule has 0 aromatic rings. The van der Waals surface area contributed by atoms with Gasteiger partial charge in [-0.2, -0.15) is 0 Å². The largest absolute Gasteiger partial charge is 0.369 e. The molecule has 0 saturated carbocycles. The van der Waals surface area contributed by atoms with Crippen LogP contribution in [0.2, 0.25) is 0 Å². The molecule has 1 fully saturated rings. The molecule has 3 atom stereocenters. The van der Waals surface area contributed by atoms with Crippen molar-refractivity contribution < 1.29 is 9.53 Å². The predicted octanol–water partition coefficient (Wildman–Crippen LogP) is 5.96. The predicted molar refractivity (Wildman–Crippen MR) is 106 cm³/mol. The highest BCUT2D eigenvalue weighted by atomic mass is 16.5. The summed E-state index contributed by atoms with van der Waals surface area (Å²) in [6.07, 6.45) is 14.1. The minimum Gasteiger partial charge on any atom is -0.369 e. The number of carbonyl (C=O) groups is 1. The monoisotopic (exact) mass is 342 g/mol. The Morgan fingerprint density at radius 1 is 1.08 bits per heavy atom. The molecular weight excluding hydrogens is 308 g/mol. The molecule has 1 aliphatic heterocycles. The van der Waals surface area contributed by atoms with Crippen LogP contribution in [0.5, 0.6) is 0 Å². The number of hydrogen-bond donors (Lipinski definition) is 0. The fourth-order valence-electron chi connectivity index (χ4n) is 3.57. The number of fused-ring (bicyclic) bond motifs is 1. The standard InChI is InChI=1S/C23H34O2/c1-16(2)8-6-9-17(3)10-7-11-18(4)12-13-20-14-21-19(5)15-25-23(21)22(20)24/h8,10,12,14,19,21,23H,6-7,9,11,13,15H2,1-5H3/b17-10+,18-12+/t19-,21+,23-/m1/s1. The molecule has 0 amide bonds. The van der Waals surface area contributed by atoms with E-state index in [0.29, 0.717) is 11.8 Å². The summed E-state index contributed by atoms with van der Waals surface area (Å²) in [7, 11) is 0. The first-order valence-corrected chi connectivity index (χ1v) is 9.69. The molecule has 0 spiro atoms. The molecule has 2 rings (SSSR count). The van der Waals surface area contributed by atoms with E-state index in [1.54, 1.807) is 0 Å². The first-order valence-electron chi connectivity index (χ1n) is 9.69. The van der Waals surface area contributed by atoms with Gasteiger partial charge in [-0.25, -0.2) is 0 Å². The van der Waals surface area contributed by atoms with Crippen molar-refractivity contribution in [3.05, 3.63) is 46.6 Å². The van der Waals surface area contributed by atoms with Crippen molar-refractivity contribution in [1.29, 1.82) is 0 Å². The van der Waals surface area contributed by atoms with Gasteiger partial charge in [0.2, 0.25) is 0 Å². The molecule has 1 saturated heterocycles. The third kappa shape index (κ3) is 5.81. The molecule has 1 aliphatic carbocycles. The lowest BCUT2D eigenvalue weighted by Crippen LogP contribution is -2.21. The molecule has 2 nitrogen and oxygen atoms in total. The van der Waals surface area contributed by atoms with Gasteiger partial charge in [-0.05, 0) is 71.3 Å². The van der Waals surface area contributed by atoms with Gasteiger partial charge in [-0.1, -0.05) is 47.9 Å². The van der Waals surface area contributed by atoms with Gasteiger partial charge in [0.15, 0.2) is 5.78 Å². The summed E-state index contributed by atoms with van der Waals surface area (Å²) in [5.41, 5.74) is 5.19. The fourth-order valence-corrected chi connectivity index (χ4v) is 3.57. The maximum atomic E-state index is 12.4. The summed E-state index contributed by atoms with van der Waals surface area (Å²) in [5.74, 6) is 0.993. The Morgan fingerprint density at radius 2 is 1.72 bits per heavy atom. The Kier molecular flexibility index (Phi) is 7.43. The van der Waals surface area contributed by atoms with Crippen LogP contribution in [0.1, 0.15) is 66.7 Å². The van der Waals surface area contributed by atoms with E-state index in [2.05, 4.69) is 58.9 Å². The summed E-state index contributed by atoms with van der Waals surface area (Å²) in [6.45, 7) is 11.6. The summed E-state index contributed by atoms with van der Waals surface area (Å²) >= 11 is 0. The van der Waals surface area contributed by atoms with E-state index < -0.39 is 0 Å². The number of allylic oxidation sites excluding steroid dienone is 6. The van der Waals surface area contributed by atoms with Crippen LogP contribution in [0.4, 0.5) is 0 Å². The van der Waals surface area contributed by atoms with Crippen molar-refractivity contribution in [2.75, 3.05) is 6.61 Å². The van der Waals surface area contributed by atoms with Crippen LogP contribution in [0.15, 0.2) is 46.6 Å². The second-order valence-electron chi connectivity index (χ2n) is 8.03. The highest BCUT2D eigenvalue weighted by molar-refractivity contribution is 6.02. The molecule has 25 heavy (non-hydrogen) atoms. The molecule has 138 valence electrons. The molecule has 2 heteroatoms. The van der Waals surface area contributed by atoms with Crippen LogP contribution in [0, 0.1) is 11.8 Å². The zero-order valence-corrected chi connectivity index (χ0v) is 16.6. The molecule has 0 bridgehead atoms. The van der Waals surface area contributed by atoms with Gasteiger partial charge < -0.3 is 4.74 Å². The first-order chi connectivity index (χ1) is 11.9. The zero-order valence-electron chi connectivity index (χ0n) is 16.6. The lowest BCUT2D eigenvalue weighted by Gasteiger charge is -2.07. The van der Waals surface area contributed by atoms with Crippen molar-refractivity contribution in [2.45, 2.75) is 72.8 Å². The van der Waals surface area contributed by atoms with E-state index in [4.69, 9.17) is 4.74 Å². The minimum absolute atomic E-state index is 0.190. The normalized spacial score (nSPS) is 26.7. The number of ether oxygens (including phenoxy) is 1. The third-order valence-corrected chi connectivity index (χ3v) is 5.31. The molecule has 1 heterocycles. The van der Waals surface area contributed by atoms with E-state index in [1.807, 2.05) is 0 Å². The number of rotatable bonds is 8. The lowest BCUT2D eigenvalue weighted by atomic mass is 9.95. The van der Waals surface area contributed by atoms with Gasteiger partial charge in [-0.15, -0.1) is 0 Å². The van der Waals surface area contributed by atoms with E-state index in [1.165, 1.54) is 16.7 Å². The van der Waals surface area contributed by atoms with Crippen LogP contribution in [-0.4, -0.2) is 18.5 Å². The van der Waals surface area contributed by atoms with E-state index >= 15 is 0 Å². The highest BCUT2D eigenvalue weighted by Crippen LogP contribution is 2.37. The van der Waals surface area contributed by atoms with Gasteiger partial charge >= 0.3 is 0 Å². The van der Waals surface area contributed by atoms with Gasteiger partial charge in [-0.3, -0.25) is 4.79 Å². The molecule has 0 aromatic carbocycles. The molecule has 0 unspecified atom stereocenters. The van der Waals surface area contributed by atoms with Gasteiger partial charge in [0.05, 0.1) is 6.61 Å². The Labute approximate surface area is 153 Å². The maximum Gasteiger partial charge on any atom is 0.188 e. The summed E-state index contributed by atoms with van der Waals surface area (Å²) in [6, 6.07) is 0. The van der Waals surface area contributed by atoms with E-state index in [0.717, 1.165) is 44.3 Å². The first kappa shape index (κ1) is 19.9. The second-order valence-corrected chi connectivity index (χ2v) is 8.03. The van der Waals surface area contributed by atoms with Crippen LogP contribution < -0.4 is 0 Å². The van der Waals surface area contributed by atoms with E-state index in [-0.39, 0.29) is 11.9 Å². The SMILES string of the molecule is CC(C)=CCC/C(C)=C/CC/C(C)=C/CC1=C[C@H]2[C@H](C)CO[C@H]2C1=O. The summed E-state index contributed by atoms with van der Waals surface area (Å²) < 4.78 is 5.64. The molecule has 0 radical (unpaired) electrons. The average molecular weight is 343 g/mol. The average Bonchev–Trinajstić information content (AvgIpc) is 3.06. The number of hydrogen-bond acceptors (Lipinski definition) is 2. The van der Waals surface area contributed by atoms with Crippen LogP contribution in [-0.2, 0) is 9.53 Å². The van der Waals surface area contributed by atoms with Crippen molar-refractivity contribution in [3.8, 4) is 0 Å². The van der Waals surface area contributed by atoms with E-state index in [9.17, 15) is 4.79 Å². The lowest BCUT2D eigenvalue weighted by molar-refractivity contribution is -0.123. The van der Waals surface area contributed by atoms with Crippen LogP contribution in [0.25, 0.3) is 0 Å². The maximum absolute atomic E-state index is 12.4. The Balaban J connectivity index is 1.76. The summed E-state index contributed by atoms with van der Waals surface area (Å²) in [4.78, 5) is 12.4. The van der Waals surface area contributed by atoms with Gasteiger partial charge in [0.25, 0.3) is 0 Å². The van der Waals surface area contributed by atoms with Gasteiger partial charge in [0.1, 0.15) is 6.10 Å². The smallest absolute Gasteiger partial charge is 0.188 e. The van der Waals surface area contributed by atoms with Crippen LogP contribution in [0.3, 0.4) is 0 Å². The molecular formula is C23H34O2. The topological polar surface area (TPSA) is 26.3 Å². The van der Waals surface area contributed by atoms with Crippen molar-refractivity contribution in [2.24, 2.45) is 11.8 Å². The van der Waals surface area contributed by atoms with Crippen molar-refractivity contribution >= 4 is 5.78 Å². The number of ketones is 1. The molecule has 2 aliphatic rings. The van der Waals surface area contributed by atoms with Gasteiger partial charge in [0, 0.05) is 5.92 Å². The highest BCUT2D eigenvalue weighted by Gasteiger charge is 2.43. The quantitative estimate of drug-likeness (QED) is 0.509. The zero-order chi connectivity index (χ0) is 18.4. The fraction of sp³-hybridized carbons (Fsp3) is 0.609. The molecule has 0 aromatic heterocycles. The van der Waals surface area contributed by atoms with Crippen LogP contribution >= 0.6 is 0 Å². The second kappa shape index (κ2) is 9.33. The van der Waals surface area contributed by atoms with Crippen molar-refractivity contribution in [3.63, 3.8) is 0 Å². The van der Waals surface area contributed by atoms with Crippen molar-refractivity contribution in [1.82, 2.24) is 0 Å². The minimum atomic E-state index is -0.190. The Hall–Kier alpha value is -1.41. The third-order valence-electron chi connectivity index (χ3n) is 5.31. The Bertz CT molecular complexity index is 600. The number of Topliss-reactive ketones (excluding diaryl/α,β-unsaturated/α-hetero) is 1. The number of carbonyl (C=O) groups excluding carboxylic acids is 1. The summed E-state index contributed by atoms with van der Waals surface area (Å²) in [5, 5.41) is 0. The Morgan fingerprint density at radius 3 is 2.36 bits per heavy atom. The molecule has 0 N–H and O–H groups in total.